The Morgan fingerprint density at radius 1 is 0.292 bits per heavy atom. The molecule has 0 radical (unpaired) electrons. The van der Waals surface area contributed by atoms with Crippen molar-refractivity contribution in [3.63, 3.8) is 0 Å². The lowest BCUT2D eigenvalue weighted by Crippen LogP contribution is -1.87. The molecule has 222 valence electrons. The molecule has 0 bridgehead atoms. The Labute approximate surface area is 272 Å². The number of fused-ring (bicyclic) bond motifs is 20. The van der Waals surface area contributed by atoms with Gasteiger partial charge in [-0.2, -0.15) is 0 Å². The Hall–Kier alpha value is -6.26. The number of benzene rings is 7. The van der Waals surface area contributed by atoms with Crippen LogP contribution in [0.25, 0.3) is 120 Å². The molecule has 0 N–H and O–H groups in total. The van der Waals surface area contributed by atoms with Crippen LogP contribution < -0.4 is 0 Å². The maximum absolute atomic E-state index is 2.55. The highest BCUT2D eigenvalue weighted by Crippen LogP contribution is 2.50. The summed E-state index contributed by atoms with van der Waals surface area (Å²) in [7, 11) is 4.47. The van der Waals surface area contributed by atoms with Crippen molar-refractivity contribution in [2.24, 2.45) is 14.1 Å². The Kier molecular flexibility index (Phi) is 3.82. The second-order valence-electron chi connectivity index (χ2n) is 13.8. The van der Waals surface area contributed by atoms with Crippen molar-refractivity contribution in [3.8, 4) is 0 Å². The zero-order valence-corrected chi connectivity index (χ0v) is 26.3. The molecular formula is C44H26N4. The SMILES string of the molecule is Cn1c2ccccc2c2cc3c4ccccc4n4c5cc6c7c8c(cc9c%10ccccc%10n(c6cc5c(c21)c34)c97)c1ccccc1n8C. The minimum Gasteiger partial charge on any atom is -0.343 e. The Morgan fingerprint density at radius 3 is 1.04 bits per heavy atom. The van der Waals surface area contributed by atoms with Crippen LogP contribution >= 0.6 is 0 Å². The molecule has 0 atom stereocenters. The van der Waals surface area contributed by atoms with Crippen LogP contribution in [0.5, 0.6) is 0 Å². The van der Waals surface area contributed by atoms with E-state index in [4.69, 9.17) is 0 Å². The van der Waals surface area contributed by atoms with E-state index in [1.54, 1.807) is 0 Å². The predicted octanol–water partition coefficient (Wildman–Crippen LogP) is 11.3. The van der Waals surface area contributed by atoms with Crippen LogP contribution in [0.15, 0.2) is 121 Å². The summed E-state index contributed by atoms with van der Waals surface area (Å²) in [6, 6.07) is 45.6. The van der Waals surface area contributed by atoms with Crippen LogP contribution in [-0.4, -0.2) is 17.9 Å². The monoisotopic (exact) mass is 610 g/mol. The standard InChI is InChI=1S/C44H26N4/c1-45-33-15-7-3-11-23(33)27-19-29-25-13-5-9-17-35(25)47-37-22-32-38(21-31(37)39(41(27)45)43(29)47)48-36-18-10-6-14-26(36)30-20-28-24-12-4-8-16-34(24)46(2)42(28)40(32)44(30)48/h3-22H,1-2H3. The van der Waals surface area contributed by atoms with Crippen LogP contribution in [0.3, 0.4) is 0 Å². The molecule has 0 saturated carbocycles. The zero-order chi connectivity index (χ0) is 31.2. The van der Waals surface area contributed by atoms with Gasteiger partial charge in [-0.05, 0) is 48.5 Å². The summed E-state index contributed by atoms with van der Waals surface area (Å²) < 4.78 is 9.94. The van der Waals surface area contributed by atoms with Crippen LogP contribution in [-0.2, 0) is 14.1 Å². The molecule has 0 fully saturated rings. The maximum atomic E-state index is 2.55. The number of para-hydroxylation sites is 4. The number of aromatic nitrogens is 4. The van der Waals surface area contributed by atoms with E-state index in [0.717, 1.165) is 0 Å². The lowest BCUT2D eigenvalue weighted by molar-refractivity contribution is 1.02. The Morgan fingerprint density at radius 2 is 0.625 bits per heavy atom. The van der Waals surface area contributed by atoms with Crippen molar-refractivity contribution in [3.05, 3.63) is 121 Å². The molecule has 0 unspecified atom stereocenters. The van der Waals surface area contributed by atoms with E-state index in [1.807, 2.05) is 0 Å². The zero-order valence-electron chi connectivity index (χ0n) is 26.3. The normalized spacial score (nSPS) is 13.2. The fourth-order valence-corrected chi connectivity index (χ4v) is 9.93. The molecule has 6 aromatic heterocycles. The summed E-state index contributed by atoms with van der Waals surface area (Å²) in [6.45, 7) is 0. The van der Waals surface area contributed by atoms with Gasteiger partial charge < -0.3 is 17.9 Å². The summed E-state index contributed by atoms with van der Waals surface area (Å²) >= 11 is 0. The molecule has 0 aliphatic heterocycles. The number of rotatable bonds is 0. The first-order valence-electron chi connectivity index (χ1n) is 16.7. The quantitative estimate of drug-likeness (QED) is 0.163. The lowest BCUT2D eigenvalue weighted by Gasteiger charge is -2.04. The molecule has 7 aromatic carbocycles. The first-order chi connectivity index (χ1) is 23.7. The van der Waals surface area contributed by atoms with Crippen molar-refractivity contribution in [2.45, 2.75) is 0 Å². The molecule has 48 heavy (non-hydrogen) atoms. The second-order valence-corrected chi connectivity index (χ2v) is 13.8. The molecule has 0 aliphatic rings. The third-order valence-electron chi connectivity index (χ3n) is 11.8. The van der Waals surface area contributed by atoms with E-state index in [0.29, 0.717) is 0 Å². The van der Waals surface area contributed by atoms with Gasteiger partial charge in [0.05, 0.1) is 44.1 Å². The molecule has 4 nitrogen and oxygen atoms in total. The van der Waals surface area contributed by atoms with Crippen molar-refractivity contribution in [2.75, 3.05) is 0 Å². The molecule has 0 saturated heterocycles. The predicted molar refractivity (Wildman–Crippen MR) is 204 cm³/mol. The number of nitrogens with zero attached hydrogens (tertiary/aromatic N) is 4. The fourth-order valence-electron chi connectivity index (χ4n) is 9.93. The van der Waals surface area contributed by atoms with E-state index in [1.165, 1.54) is 120 Å². The van der Waals surface area contributed by atoms with Gasteiger partial charge in [-0.3, -0.25) is 0 Å². The van der Waals surface area contributed by atoms with Crippen molar-refractivity contribution >= 4 is 120 Å². The van der Waals surface area contributed by atoms with Crippen molar-refractivity contribution in [1.29, 1.82) is 0 Å². The summed E-state index contributed by atoms with van der Waals surface area (Å²) in [6.07, 6.45) is 0. The lowest BCUT2D eigenvalue weighted by atomic mass is 10.0. The van der Waals surface area contributed by atoms with E-state index < -0.39 is 0 Å². The van der Waals surface area contributed by atoms with Crippen molar-refractivity contribution < 1.29 is 0 Å². The van der Waals surface area contributed by atoms with Gasteiger partial charge in [-0.1, -0.05) is 72.8 Å². The summed E-state index contributed by atoms with van der Waals surface area (Å²) in [5.74, 6) is 0. The summed E-state index contributed by atoms with van der Waals surface area (Å²) in [5.41, 5.74) is 12.9. The molecular weight excluding hydrogens is 585 g/mol. The van der Waals surface area contributed by atoms with Crippen LogP contribution in [0.1, 0.15) is 0 Å². The highest BCUT2D eigenvalue weighted by atomic mass is 15.0. The van der Waals surface area contributed by atoms with E-state index in [9.17, 15) is 0 Å². The van der Waals surface area contributed by atoms with Gasteiger partial charge in [0.15, 0.2) is 0 Å². The summed E-state index contributed by atoms with van der Waals surface area (Å²) in [5, 5.41) is 15.8. The molecule has 0 aliphatic carbocycles. The number of hydrogen-bond acceptors (Lipinski definition) is 0. The fraction of sp³-hybridized carbons (Fsp3) is 0.0455. The first-order valence-corrected chi connectivity index (χ1v) is 16.7. The average molecular weight is 611 g/mol. The first kappa shape index (κ1) is 24.0. The van der Waals surface area contributed by atoms with E-state index in [2.05, 4.69) is 153 Å². The third kappa shape index (κ3) is 2.40. The van der Waals surface area contributed by atoms with Gasteiger partial charge >= 0.3 is 0 Å². The van der Waals surface area contributed by atoms with Crippen LogP contribution in [0, 0.1) is 0 Å². The highest BCUT2D eigenvalue weighted by molar-refractivity contribution is 6.38. The summed E-state index contributed by atoms with van der Waals surface area (Å²) in [4.78, 5) is 0. The molecule has 0 spiro atoms. The smallest absolute Gasteiger partial charge is 0.0641 e. The van der Waals surface area contributed by atoms with Gasteiger partial charge in [0.25, 0.3) is 0 Å². The van der Waals surface area contributed by atoms with Crippen molar-refractivity contribution in [1.82, 2.24) is 17.9 Å². The maximum Gasteiger partial charge on any atom is 0.0641 e. The third-order valence-corrected chi connectivity index (χ3v) is 11.8. The van der Waals surface area contributed by atoms with Gasteiger partial charge in [0.1, 0.15) is 0 Å². The number of aryl methyl sites for hydroxylation is 2. The van der Waals surface area contributed by atoms with E-state index >= 15 is 0 Å². The average Bonchev–Trinajstić information content (AvgIpc) is 3.94. The van der Waals surface area contributed by atoms with Gasteiger partial charge in [-0.25, -0.2) is 0 Å². The molecule has 13 aromatic rings. The topological polar surface area (TPSA) is 18.7 Å². The van der Waals surface area contributed by atoms with Gasteiger partial charge in [-0.15, -0.1) is 0 Å². The van der Waals surface area contributed by atoms with Crippen LogP contribution in [0.2, 0.25) is 0 Å². The Balaban J connectivity index is 1.38. The molecule has 0 amide bonds. The number of hydrogen-bond donors (Lipinski definition) is 0. The minimum atomic E-state index is 1.27. The second kappa shape index (κ2) is 7.64. The van der Waals surface area contributed by atoms with Crippen LogP contribution in [0.4, 0.5) is 0 Å². The largest absolute Gasteiger partial charge is 0.343 e. The highest BCUT2D eigenvalue weighted by Gasteiger charge is 2.27. The molecule has 4 heteroatoms. The Bertz CT molecular complexity index is 3340. The minimum absolute atomic E-state index is 1.27. The van der Waals surface area contributed by atoms with Gasteiger partial charge in [0, 0.05) is 89.8 Å². The van der Waals surface area contributed by atoms with E-state index in [-0.39, 0.29) is 0 Å². The molecule has 6 heterocycles. The van der Waals surface area contributed by atoms with Gasteiger partial charge in [0.2, 0.25) is 0 Å². The molecule has 13 rings (SSSR count).